The third-order valence-corrected chi connectivity index (χ3v) is 24.9. The van der Waals surface area contributed by atoms with Crippen LogP contribution in [0, 0.1) is 0 Å². The van der Waals surface area contributed by atoms with E-state index in [2.05, 4.69) is 80.1 Å². The number of rotatable bonds is 11. The molecule has 5 N–H and O–H groups in total. The summed E-state index contributed by atoms with van der Waals surface area (Å²) < 4.78 is 28.7. The van der Waals surface area contributed by atoms with E-state index in [1.54, 1.807) is 89.3 Å². The molecule has 726 valence electrons. The van der Waals surface area contributed by atoms with Crippen LogP contribution in [0.15, 0.2) is 209 Å². The molecular formula is C90H94Cl7N29O9S4. The van der Waals surface area contributed by atoms with Crippen LogP contribution in [-0.2, 0) is 14.2 Å². The Hall–Kier alpha value is -11.9. The van der Waals surface area contributed by atoms with Gasteiger partial charge in [-0.1, -0.05) is 131 Å². The maximum Gasteiger partial charge on any atom is 0.410 e. The van der Waals surface area contributed by atoms with Crippen molar-refractivity contribution >= 4 is 214 Å². The van der Waals surface area contributed by atoms with Gasteiger partial charge >= 0.3 is 6.09 Å². The number of aromatic amines is 3. The van der Waals surface area contributed by atoms with Gasteiger partial charge in [0.1, 0.15) is 44.2 Å². The molecule has 20 heterocycles. The smallest absolute Gasteiger partial charge is 0.410 e. The molecule has 6 saturated heterocycles. The number of fused-ring (bicyclic) bond motifs is 7. The first kappa shape index (κ1) is 103. The Kier molecular flexibility index (Phi) is 33.5. The number of morpholine rings is 1. The number of halogens is 7. The van der Waals surface area contributed by atoms with Crippen LogP contribution < -0.4 is 42.3 Å². The highest BCUT2D eigenvalue weighted by atomic mass is 35.5. The van der Waals surface area contributed by atoms with E-state index in [1.807, 2.05) is 147 Å². The van der Waals surface area contributed by atoms with E-state index in [0.717, 1.165) is 101 Å². The molecule has 14 aromatic heterocycles. The van der Waals surface area contributed by atoms with Gasteiger partial charge in [-0.05, 0) is 168 Å². The van der Waals surface area contributed by atoms with Crippen molar-refractivity contribution in [2.45, 2.75) is 95.5 Å². The van der Waals surface area contributed by atoms with Gasteiger partial charge in [-0.3, -0.25) is 42.3 Å². The number of ether oxygens (including phenoxy) is 3. The number of hydrogen-bond donors (Lipinski definition) is 5. The van der Waals surface area contributed by atoms with Gasteiger partial charge in [-0.25, -0.2) is 42.8 Å². The molecule has 4 aromatic carbocycles. The Morgan fingerprint density at radius 1 is 0.410 bits per heavy atom. The summed E-state index contributed by atoms with van der Waals surface area (Å²) in [6.07, 6.45) is 18.2. The summed E-state index contributed by atoms with van der Waals surface area (Å²) in [5.74, 6) is 4.41. The van der Waals surface area contributed by atoms with Crippen LogP contribution in [0.4, 0.5) is 22.4 Å². The maximum absolute atomic E-state index is 13.7. The van der Waals surface area contributed by atoms with E-state index >= 15 is 0 Å². The third-order valence-electron chi connectivity index (χ3n) is 23.0. The number of benzene rings is 4. The van der Waals surface area contributed by atoms with E-state index in [-0.39, 0.29) is 116 Å². The number of aliphatic hydroxyl groups is 1. The first-order chi connectivity index (χ1) is 65.6. The molecule has 1 amide bonds. The average molecular weight is 2100 g/mol. The van der Waals surface area contributed by atoms with Crippen LogP contribution in [0.3, 0.4) is 0 Å². The lowest BCUT2D eigenvalue weighted by Crippen LogP contribution is -2.49. The number of carbonyl (C=O) groups is 1. The van der Waals surface area contributed by atoms with Gasteiger partial charge in [0.25, 0.3) is 22.2 Å². The SMILES string of the molecule is C1CCOCC1.CC(C)(C)OC(=O)N1CC[C@H]1c1nn2ccc(Cl)c2c(=O)n1-c1ccccc1.CO.Clc1nc(Cl)c2[nH]cnc2n1.O=c1c2c(Cl)ccn2nc([C@@H]2CCN2)n1-c1ccccc1.O=c1c2c(Cl)ccn2nc([C@@H]2CCN2c2nc(Cl)nc3nc[nH]c23)n1-c1ccccc1.O=c1c2c(Cl)ccn2nc([C@@H]2CCN2c2nc(N3CCOCC3)nc3nc[nH]c23)n1-c1ccccc1.S.S.S.S. The van der Waals surface area contributed by atoms with Crippen molar-refractivity contribution in [3.8, 4) is 22.7 Å². The fourth-order valence-electron chi connectivity index (χ4n) is 16.3. The molecule has 0 radical (unpaired) electrons. The standard InChI is InChI=1S/C24H22ClN9O2.C20H14Cl2N8O.C20H21ClN4O3.C15H13ClN4O.C5H2Cl2N4.C5H10O.CH4O.4H2S/c25-16-6-9-33-19(16)23(35)34(15-4-2-1-3-5-15)21(30-33)17-7-8-32(17)22-18-20(27-14-26-18)28-24(29-22)31-10-12-36-13-11-31;21-12-6-9-29-15(12)19(31)30(11-4-2-1-3-5-11)17(27-29)13-7-8-28(13)18-14-16(24-10-23-14)25-20(22)26-18;1-20(2,3)28-19(27)23-11-10-15(23)17-22-24-12-9-14(21)16(24)18(26)25(17)13-7-5-4-6-8-13;16-11-7-9-19-13(11)15(21)20(10-4-2-1-3-5-10)14(18-19)12-6-8-17-12;6-3-2-4(9-1-8-2)11-5(7)10-3;1-2-4-6-5-3-1;1-2;;;;/h1-6,9,14,17H,7-8,10-13H2,(H,26,27,28,29);1-6,9-10,13H,7-8H2,(H,23,24,25,26);4-9,12,15H,10-11H2,1-3H3;1-5,7,9,12,17H,6,8H2;1H,(H,8,9,10,11);1-5H2;2H,1H3;4*1H2/t17-;13-;15-;12-;;;;;;;/m0000......./s1. The predicted octanol–water partition coefficient (Wildman–Crippen LogP) is 14.9. The van der Waals surface area contributed by atoms with Gasteiger partial charge in [0.15, 0.2) is 57.0 Å². The minimum Gasteiger partial charge on any atom is -0.444 e. The van der Waals surface area contributed by atoms with Crippen molar-refractivity contribution < 1.29 is 24.1 Å². The Balaban J connectivity index is 0.000000139. The number of anilines is 3. The number of amides is 1. The van der Waals surface area contributed by atoms with Gasteiger partial charge < -0.3 is 54.3 Å². The number of para-hydroxylation sites is 4. The van der Waals surface area contributed by atoms with Crippen LogP contribution in [0.1, 0.15) is 113 Å². The number of H-pyrrole nitrogens is 3. The molecule has 0 saturated carbocycles. The molecule has 6 aliphatic heterocycles. The molecule has 18 aromatic rings. The number of likely N-dealkylation sites (tertiary alicyclic amines) is 1. The number of nitrogens with one attached hydrogen (secondary N) is 4. The summed E-state index contributed by atoms with van der Waals surface area (Å²) >= 11 is 42.3. The first-order valence-corrected chi connectivity index (χ1v) is 45.9. The quantitative estimate of drug-likeness (QED) is 0.0593. The van der Waals surface area contributed by atoms with E-state index in [0.29, 0.717) is 137 Å². The first-order valence-electron chi connectivity index (χ1n) is 43.2. The van der Waals surface area contributed by atoms with E-state index in [9.17, 15) is 24.0 Å². The zero-order valence-electron chi connectivity index (χ0n) is 74.8. The zero-order chi connectivity index (χ0) is 93.9. The molecule has 0 spiro atoms. The summed E-state index contributed by atoms with van der Waals surface area (Å²) in [5.41, 5.74) is 6.49. The Labute approximate surface area is 854 Å². The molecule has 0 aliphatic carbocycles. The van der Waals surface area contributed by atoms with Crippen LogP contribution >= 0.6 is 135 Å². The Morgan fingerprint density at radius 3 is 1.12 bits per heavy atom. The number of aliphatic hydroxyl groups excluding tert-OH is 1. The second kappa shape index (κ2) is 45.2. The fraction of sp³-hybridized carbons (Fsp3) is 0.289. The van der Waals surface area contributed by atoms with Crippen LogP contribution in [-0.4, -0.2) is 211 Å². The lowest BCUT2D eigenvalue weighted by molar-refractivity contribution is -0.00813. The van der Waals surface area contributed by atoms with E-state index in [4.69, 9.17) is 116 Å². The van der Waals surface area contributed by atoms with E-state index in [1.165, 1.54) is 39.2 Å². The van der Waals surface area contributed by atoms with Gasteiger partial charge in [-0.2, -0.15) is 99.3 Å². The minimum atomic E-state index is -0.596. The number of imidazole rings is 3. The molecule has 139 heavy (non-hydrogen) atoms. The second-order valence-corrected chi connectivity index (χ2v) is 35.1. The summed E-state index contributed by atoms with van der Waals surface area (Å²) in [7, 11) is 1.00. The maximum atomic E-state index is 13.7. The molecule has 24 rings (SSSR count). The summed E-state index contributed by atoms with van der Waals surface area (Å²) in [6.45, 7) is 13.2. The highest BCUT2D eigenvalue weighted by Crippen LogP contribution is 2.43. The van der Waals surface area contributed by atoms with Crippen molar-refractivity contribution in [1.82, 2.24) is 127 Å². The summed E-state index contributed by atoms with van der Waals surface area (Å²) in [5, 5.41) is 31.2. The second-order valence-electron chi connectivity index (χ2n) is 32.5. The van der Waals surface area contributed by atoms with Crippen molar-refractivity contribution in [1.29, 1.82) is 0 Å². The summed E-state index contributed by atoms with van der Waals surface area (Å²) in [6, 6.07) is 43.8. The number of hydrogen-bond acceptors (Lipinski definition) is 26. The van der Waals surface area contributed by atoms with E-state index < -0.39 is 11.7 Å². The van der Waals surface area contributed by atoms with Crippen LogP contribution in [0.2, 0.25) is 35.8 Å². The molecule has 0 unspecified atom stereocenters. The van der Waals surface area contributed by atoms with Gasteiger partial charge in [-0.15, -0.1) is 0 Å². The highest BCUT2D eigenvalue weighted by molar-refractivity contribution is 7.59. The van der Waals surface area contributed by atoms with Gasteiger partial charge in [0.2, 0.25) is 16.5 Å². The average Bonchev–Trinajstić information content (AvgIpc) is 1.72. The fourth-order valence-corrected chi connectivity index (χ4v) is 17.8. The molecule has 6 fully saturated rings. The molecule has 49 heteroatoms. The molecule has 0 bridgehead atoms. The van der Waals surface area contributed by atoms with Crippen molar-refractivity contribution in [2.24, 2.45) is 0 Å². The summed E-state index contributed by atoms with van der Waals surface area (Å²) in [4.78, 5) is 121. The van der Waals surface area contributed by atoms with Crippen molar-refractivity contribution in [2.75, 3.05) is 87.5 Å². The number of aromatic nitrogens is 24. The lowest BCUT2D eigenvalue weighted by Gasteiger charge is -2.42. The van der Waals surface area contributed by atoms with Gasteiger partial charge in [0.05, 0.1) is 99.2 Å². The molecule has 4 atom stereocenters. The normalized spacial score (nSPS) is 16.3. The number of carbonyl (C=O) groups excluding carboxylic acids is 1. The zero-order valence-corrected chi connectivity index (χ0v) is 84.1. The van der Waals surface area contributed by atoms with Gasteiger partial charge in [0, 0.05) is 77.8 Å². The predicted molar refractivity (Wildman–Crippen MR) is 556 cm³/mol. The highest BCUT2D eigenvalue weighted by Gasteiger charge is 2.42. The van der Waals surface area contributed by atoms with Crippen LogP contribution in [0.25, 0.3) is 78.3 Å². The lowest BCUT2D eigenvalue weighted by atomic mass is 10.0. The van der Waals surface area contributed by atoms with Crippen LogP contribution in [0.5, 0.6) is 0 Å². The topological polar surface area (TPSA) is 411 Å². The monoisotopic (exact) mass is 2100 g/mol. The molecular weight excluding hydrogens is 2010 g/mol. The van der Waals surface area contributed by atoms with Crippen molar-refractivity contribution in [3.05, 3.63) is 290 Å². The van der Waals surface area contributed by atoms with Crippen molar-refractivity contribution in [3.63, 3.8) is 0 Å². The largest absolute Gasteiger partial charge is 0.444 e. The minimum absolute atomic E-state index is 0. The Bertz CT molecular complexity index is 7610. The third kappa shape index (κ3) is 21.3. The number of nitrogens with zero attached hydrogens (tertiary/aromatic N) is 25. The Morgan fingerprint density at radius 2 is 0.763 bits per heavy atom. The molecule has 6 aliphatic rings. The molecule has 38 nitrogen and oxygen atoms in total.